The summed E-state index contributed by atoms with van der Waals surface area (Å²) in [4.78, 5) is 24.0. The van der Waals surface area contributed by atoms with E-state index in [1.807, 2.05) is 18.2 Å². The molecule has 0 radical (unpaired) electrons. The number of carbonyl (C=O) groups is 2. The molecule has 2 rings (SSSR count). The van der Waals surface area contributed by atoms with Crippen LogP contribution in [0.1, 0.15) is 18.4 Å². The summed E-state index contributed by atoms with van der Waals surface area (Å²) < 4.78 is 5.22. The van der Waals surface area contributed by atoms with Crippen molar-refractivity contribution in [2.24, 2.45) is 0 Å². The molecule has 21 heavy (non-hydrogen) atoms. The van der Waals surface area contributed by atoms with E-state index in [2.05, 4.69) is 17.0 Å². The molecular weight excluding hydrogens is 270 g/mol. The van der Waals surface area contributed by atoms with E-state index >= 15 is 0 Å². The molecule has 1 aliphatic rings. The molecule has 1 aromatic rings. The molecule has 112 valence electrons. The third-order valence-electron chi connectivity index (χ3n) is 3.43. The Morgan fingerprint density at radius 1 is 1.19 bits per heavy atom. The Morgan fingerprint density at radius 3 is 2.48 bits per heavy atom. The Labute approximate surface area is 123 Å². The topological polar surface area (TPSA) is 66.8 Å². The first kappa shape index (κ1) is 15.3. The normalized spacial score (nSPS) is 17.0. The van der Waals surface area contributed by atoms with Crippen LogP contribution in [0.15, 0.2) is 42.5 Å². The van der Waals surface area contributed by atoms with Crippen molar-refractivity contribution in [1.82, 2.24) is 4.90 Å². The molecule has 1 N–H and O–H groups in total. The quantitative estimate of drug-likeness (QED) is 0.661. The fraction of sp³-hybridized carbons (Fsp3) is 0.375. The molecule has 5 heteroatoms. The van der Waals surface area contributed by atoms with Gasteiger partial charge in [-0.25, -0.2) is 9.59 Å². The lowest BCUT2D eigenvalue weighted by Gasteiger charge is -2.31. The molecule has 0 amide bonds. The average Bonchev–Trinajstić information content (AvgIpc) is 2.48. The van der Waals surface area contributed by atoms with Gasteiger partial charge in [-0.15, -0.1) is 0 Å². The number of carboxylic acids is 1. The number of esters is 1. The van der Waals surface area contributed by atoms with Crippen molar-refractivity contribution in [1.29, 1.82) is 0 Å². The number of likely N-dealkylation sites (tertiary alicyclic amines) is 1. The highest BCUT2D eigenvalue weighted by Crippen LogP contribution is 2.16. The highest BCUT2D eigenvalue weighted by molar-refractivity contribution is 5.90. The Bertz CT molecular complexity index is 504. The number of rotatable bonds is 5. The van der Waals surface area contributed by atoms with E-state index in [-0.39, 0.29) is 6.10 Å². The summed E-state index contributed by atoms with van der Waals surface area (Å²) in [7, 11) is 0. The minimum Gasteiger partial charge on any atom is -0.478 e. The zero-order valence-electron chi connectivity index (χ0n) is 11.8. The maximum absolute atomic E-state index is 11.4. The van der Waals surface area contributed by atoms with Gasteiger partial charge >= 0.3 is 11.9 Å². The van der Waals surface area contributed by atoms with E-state index < -0.39 is 11.9 Å². The largest absolute Gasteiger partial charge is 0.478 e. The maximum Gasteiger partial charge on any atom is 0.331 e. The Hall–Kier alpha value is -2.14. The molecule has 1 saturated heterocycles. The second-order valence-electron chi connectivity index (χ2n) is 5.07. The van der Waals surface area contributed by atoms with Crippen molar-refractivity contribution >= 4 is 11.9 Å². The number of piperidine rings is 1. The number of carboxylic acid groups (broad SMARTS) is 1. The van der Waals surface area contributed by atoms with Gasteiger partial charge in [-0.05, 0) is 18.4 Å². The first-order valence-corrected chi connectivity index (χ1v) is 7.01. The van der Waals surface area contributed by atoms with Gasteiger partial charge in [0.1, 0.15) is 6.10 Å². The zero-order chi connectivity index (χ0) is 15.1. The van der Waals surface area contributed by atoms with Gasteiger partial charge in [0, 0.05) is 31.8 Å². The molecule has 1 aliphatic heterocycles. The van der Waals surface area contributed by atoms with E-state index in [4.69, 9.17) is 9.84 Å². The second-order valence-corrected chi connectivity index (χ2v) is 5.07. The van der Waals surface area contributed by atoms with E-state index in [0.717, 1.165) is 44.6 Å². The molecule has 0 spiro atoms. The molecule has 1 heterocycles. The zero-order valence-corrected chi connectivity index (χ0v) is 11.8. The SMILES string of the molecule is O=C(O)/C=C/C(=O)OC1CCN(Cc2ccccc2)CC1. The highest BCUT2D eigenvalue weighted by Gasteiger charge is 2.21. The predicted octanol–water partition coefficient (Wildman–Crippen LogP) is 1.83. The summed E-state index contributed by atoms with van der Waals surface area (Å²) in [6.45, 7) is 2.64. The van der Waals surface area contributed by atoms with Gasteiger partial charge in [0.25, 0.3) is 0 Å². The van der Waals surface area contributed by atoms with E-state index in [1.54, 1.807) is 0 Å². The van der Waals surface area contributed by atoms with Gasteiger partial charge < -0.3 is 9.84 Å². The minimum atomic E-state index is -1.15. The molecule has 1 fully saturated rings. The van der Waals surface area contributed by atoms with E-state index in [0.29, 0.717) is 0 Å². The summed E-state index contributed by atoms with van der Waals surface area (Å²) >= 11 is 0. The Balaban J connectivity index is 1.73. The fourth-order valence-corrected chi connectivity index (χ4v) is 2.37. The molecule has 0 unspecified atom stereocenters. The van der Waals surface area contributed by atoms with Crippen LogP contribution in [0.5, 0.6) is 0 Å². The molecule has 0 bridgehead atoms. The molecule has 0 aromatic heterocycles. The first-order chi connectivity index (χ1) is 10.1. The summed E-state index contributed by atoms with van der Waals surface area (Å²) in [5.41, 5.74) is 1.28. The molecule has 1 aromatic carbocycles. The number of ether oxygens (including phenoxy) is 1. The van der Waals surface area contributed by atoms with Crippen LogP contribution in [-0.2, 0) is 20.9 Å². The molecule has 5 nitrogen and oxygen atoms in total. The molecule has 0 atom stereocenters. The third kappa shape index (κ3) is 5.39. The number of benzene rings is 1. The van der Waals surface area contributed by atoms with Crippen molar-refractivity contribution in [3.8, 4) is 0 Å². The van der Waals surface area contributed by atoms with Gasteiger partial charge in [0.05, 0.1) is 0 Å². The van der Waals surface area contributed by atoms with E-state index in [9.17, 15) is 9.59 Å². The summed E-state index contributed by atoms with van der Waals surface area (Å²) in [5.74, 6) is -1.73. The van der Waals surface area contributed by atoms with Gasteiger partial charge in [0.2, 0.25) is 0 Å². The van der Waals surface area contributed by atoms with Crippen molar-refractivity contribution in [3.05, 3.63) is 48.0 Å². The van der Waals surface area contributed by atoms with E-state index in [1.165, 1.54) is 5.56 Å². The molecule has 0 saturated carbocycles. The summed E-state index contributed by atoms with van der Waals surface area (Å²) in [5, 5.41) is 8.44. The van der Waals surface area contributed by atoms with Crippen molar-refractivity contribution in [2.45, 2.75) is 25.5 Å². The van der Waals surface area contributed by atoms with Crippen LogP contribution in [0.2, 0.25) is 0 Å². The smallest absolute Gasteiger partial charge is 0.331 e. The fourth-order valence-electron chi connectivity index (χ4n) is 2.37. The number of nitrogens with zero attached hydrogens (tertiary/aromatic N) is 1. The van der Waals surface area contributed by atoms with Crippen LogP contribution >= 0.6 is 0 Å². The monoisotopic (exact) mass is 289 g/mol. The Morgan fingerprint density at radius 2 is 1.86 bits per heavy atom. The van der Waals surface area contributed by atoms with Crippen LogP contribution in [0.25, 0.3) is 0 Å². The third-order valence-corrected chi connectivity index (χ3v) is 3.43. The average molecular weight is 289 g/mol. The highest BCUT2D eigenvalue weighted by atomic mass is 16.5. The van der Waals surface area contributed by atoms with Gasteiger partial charge in [-0.3, -0.25) is 4.90 Å². The number of hydrogen-bond donors (Lipinski definition) is 1. The predicted molar refractivity (Wildman–Crippen MR) is 77.6 cm³/mol. The number of carbonyl (C=O) groups excluding carboxylic acids is 1. The number of aliphatic carboxylic acids is 1. The van der Waals surface area contributed by atoms with Crippen molar-refractivity contribution in [2.75, 3.05) is 13.1 Å². The lowest BCUT2D eigenvalue weighted by atomic mass is 10.1. The van der Waals surface area contributed by atoms with Crippen molar-refractivity contribution in [3.63, 3.8) is 0 Å². The van der Waals surface area contributed by atoms with Crippen LogP contribution in [-0.4, -0.2) is 41.1 Å². The standard InChI is InChI=1S/C16H19NO4/c18-15(19)6-7-16(20)21-14-8-10-17(11-9-14)12-13-4-2-1-3-5-13/h1-7,14H,8-12H2,(H,18,19)/b7-6+. The summed E-state index contributed by atoms with van der Waals surface area (Å²) in [6, 6.07) is 10.3. The first-order valence-electron chi connectivity index (χ1n) is 7.01. The molecule has 0 aliphatic carbocycles. The van der Waals surface area contributed by atoms with Crippen LogP contribution < -0.4 is 0 Å². The van der Waals surface area contributed by atoms with Crippen LogP contribution in [0.3, 0.4) is 0 Å². The lowest BCUT2D eigenvalue weighted by molar-refractivity contribution is -0.145. The van der Waals surface area contributed by atoms with Crippen LogP contribution in [0, 0.1) is 0 Å². The van der Waals surface area contributed by atoms with Gasteiger partial charge in [-0.1, -0.05) is 30.3 Å². The maximum atomic E-state index is 11.4. The molecular formula is C16H19NO4. The van der Waals surface area contributed by atoms with Gasteiger partial charge in [-0.2, -0.15) is 0 Å². The van der Waals surface area contributed by atoms with Crippen molar-refractivity contribution < 1.29 is 19.4 Å². The Kier molecular flexibility index (Phi) is 5.51. The van der Waals surface area contributed by atoms with Gasteiger partial charge in [0.15, 0.2) is 0 Å². The van der Waals surface area contributed by atoms with Crippen LogP contribution in [0.4, 0.5) is 0 Å². The summed E-state index contributed by atoms with van der Waals surface area (Å²) in [6.07, 6.45) is 3.19. The minimum absolute atomic E-state index is 0.122. The second kappa shape index (κ2) is 7.59. The lowest BCUT2D eigenvalue weighted by Crippen LogP contribution is -2.37. The number of hydrogen-bond acceptors (Lipinski definition) is 4.